The van der Waals surface area contributed by atoms with Crippen LogP contribution in [0.4, 0.5) is 0 Å². The minimum absolute atomic E-state index is 0.194. The maximum absolute atomic E-state index is 12.7. The van der Waals surface area contributed by atoms with E-state index in [1.807, 2.05) is 12.1 Å². The number of methoxy groups -OCH3 is 2. The Morgan fingerprint density at radius 1 is 0.879 bits per heavy atom. The second kappa shape index (κ2) is 9.65. The highest BCUT2D eigenvalue weighted by atomic mass is 16.5. The highest BCUT2D eigenvalue weighted by Crippen LogP contribution is 2.33. The van der Waals surface area contributed by atoms with Gasteiger partial charge in [0.15, 0.2) is 18.1 Å². The molecular formula is C26H25NO6. The molecule has 170 valence electrons. The highest BCUT2D eigenvalue weighted by Gasteiger charge is 2.24. The van der Waals surface area contributed by atoms with Crippen LogP contribution in [0, 0.1) is 0 Å². The van der Waals surface area contributed by atoms with Gasteiger partial charge in [0.25, 0.3) is 5.91 Å². The van der Waals surface area contributed by atoms with E-state index < -0.39 is 5.97 Å². The number of fused-ring (bicyclic) bond motifs is 1. The first-order chi connectivity index (χ1) is 16.0. The number of phenols is 1. The van der Waals surface area contributed by atoms with Crippen molar-refractivity contribution in [3.05, 3.63) is 77.4 Å². The van der Waals surface area contributed by atoms with Crippen LogP contribution in [0.1, 0.15) is 21.5 Å². The van der Waals surface area contributed by atoms with Gasteiger partial charge in [-0.15, -0.1) is 0 Å². The second-order valence-corrected chi connectivity index (χ2v) is 7.74. The summed E-state index contributed by atoms with van der Waals surface area (Å²) in [6.45, 7) is 0.648. The zero-order valence-electron chi connectivity index (χ0n) is 18.5. The van der Waals surface area contributed by atoms with Gasteiger partial charge in [0.05, 0.1) is 19.8 Å². The summed E-state index contributed by atoms with van der Waals surface area (Å²) >= 11 is 0. The monoisotopic (exact) mass is 447 g/mol. The summed E-state index contributed by atoms with van der Waals surface area (Å²) in [6.07, 6.45) is 0.689. The molecule has 0 aromatic heterocycles. The third kappa shape index (κ3) is 4.92. The van der Waals surface area contributed by atoms with Gasteiger partial charge in [0, 0.05) is 13.1 Å². The maximum atomic E-state index is 12.7. The van der Waals surface area contributed by atoms with Gasteiger partial charge < -0.3 is 24.2 Å². The van der Waals surface area contributed by atoms with Gasteiger partial charge in [-0.05, 0) is 65.1 Å². The lowest BCUT2D eigenvalue weighted by atomic mass is 9.99. The van der Waals surface area contributed by atoms with E-state index in [9.17, 15) is 14.7 Å². The number of benzene rings is 3. The number of hydrogen-bond donors (Lipinski definition) is 1. The van der Waals surface area contributed by atoms with E-state index >= 15 is 0 Å². The molecule has 4 rings (SSSR count). The van der Waals surface area contributed by atoms with Gasteiger partial charge in [-0.1, -0.05) is 24.3 Å². The maximum Gasteiger partial charge on any atom is 0.338 e. The number of carbonyl (C=O) groups excluding carboxylic acids is 2. The summed E-state index contributed by atoms with van der Waals surface area (Å²) in [4.78, 5) is 26.8. The van der Waals surface area contributed by atoms with Gasteiger partial charge in [-0.2, -0.15) is 0 Å². The standard InChI is InChI=1S/C26H25NO6/c1-31-23-13-20-11-12-27(15-21(20)14-24(23)32-2)25(29)16-33-26(30)19-5-3-17(4-6-19)18-7-9-22(28)10-8-18/h3-10,13-14,28H,11-12,15-16H2,1-2H3. The summed E-state index contributed by atoms with van der Waals surface area (Å²) in [7, 11) is 3.17. The van der Waals surface area contributed by atoms with Crippen LogP contribution in [-0.4, -0.2) is 49.3 Å². The minimum Gasteiger partial charge on any atom is -0.508 e. The van der Waals surface area contributed by atoms with Crippen molar-refractivity contribution in [3.63, 3.8) is 0 Å². The zero-order valence-corrected chi connectivity index (χ0v) is 18.5. The highest BCUT2D eigenvalue weighted by molar-refractivity contribution is 5.92. The smallest absolute Gasteiger partial charge is 0.338 e. The average Bonchev–Trinajstić information content (AvgIpc) is 2.86. The number of amides is 1. The summed E-state index contributed by atoms with van der Waals surface area (Å²) in [5, 5.41) is 9.41. The molecule has 0 fully saturated rings. The zero-order chi connectivity index (χ0) is 23.4. The van der Waals surface area contributed by atoms with Crippen molar-refractivity contribution in [2.24, 2.45) is 0 Å². The number of esters is 1. The van der Waals surface area contributed by atoms with Crippen LogP contribution < -0.4 is 9.47 Å². The van der Waals surface area contributed by atoms with Crippen LogP contribution in [0.25, 0.3) is 11.1 Å². The molecule has 1 aliphatic heterocycles. The quantitative estimate of drug-likeness (QED) is 0.579. The fourth-order valence-electron chi connectivity index (χ4n) is 3.85. The SMILES string of the molecule is COc1cc2c(cc1OC)CN(C(=O)COC(=O)c1ccc(-c3ccc(O)cc3)cc1)CC2. The first-order valence-electron chi connectivity index (χ1n) is 10.6. The van der Waals surface area contributed by atoms with E-state index in [0.717, 1.165) is 22.3 Å². The molecule has 0 radical (unpaired) electrons. The van der Waals surface area contributed by atoms with Crippen LogP contribution in [0.15, 0.2) is 60.7 Å². The molecule has 0 atom stereocenters. The molecular weight excluding hydrogens is 422 g/mol. The fourth-order valence-corrected chi connectivity index (χ4v) is 3.85. The lowest BCUT2D eigenvalue weighted by Gasteiger charge is -2.29. The molecule has 7 heteroatoms. The Balaban J connectivity index is 1.35. The molecule has 1 heterocycles. The third-order valence-corrected chi connectivity index (χ3v) is 5.72. The molecule has 1 N–H and O–H groups in total. The largest absolute Gasteiger partial charge is 0.508 e. The van der Waals surface area contributed by atoms with E-state index in [2.05, 4.69) is 0 Å². The first-order valence-corrected chi connectivity index (χ1v) is 10.6. The van der Waals surface area contributed by atoms with E-state index in [0.29, 0.717) is 36.6 Å². The molecule has 0 spiro atoms. The van der Waals surface area contributed by atoms with Gasteiger partial charge in [0.1, 0.15) is 5.75 Å². The number of ether oxygens (including phenoxy) is 3. The molecule has 0 unspecified atom stereocenters. The molecule has 1 amide bonds. The van der Waals surface area contributed by atoms with Crippen LogP contribution in [0.2, 0.25) is 0 Å². The van der Waals surface area contributed by atoms with E-state index in [4.69, 9.17) is 14.2 Å². The fraction of sp³-hybridized carbons (Fsp3) is 0.231. The Labute approximate surface area is 192 Å². The van der Waals surface area contributed by atoms with Crippen LogP contribution >= 0.6 is 0 Å². The van der Waals surface area contributed by atoms with Crippen LogP contribution in [0.5, 0.6) is 17.2 Å². The van der Waals surface area contributed by atoms with Gasteiger partial charge in [0.2, 0.25) is 0 Å². The predicted octanol–water partition coefficient (Wildman–Crippen LogP) is 3.82. The molecule has 0 bridgehead atoms. The second-order valence-electron chi connectivity index (χ2n) is 7.74. The number of phenolic OH excluding ortho intramolecular Hbond substituents is 1. The van der Waals surface area contributed by atoms with E-state index in [-0.39, 0.29) is 18.3 Å². The lowest BCUT2D eigenvalue weighted by molar-refractivity contribution is -0.135. The Morgan fingerprint density at radius 3 is 2.06 bits per heavy atom. The molecule has 33 heavy (non-hydrogen) atoms. The summed E-state index contributed by atoms with van der Waals surface area (Å²) in [6, 6.07) is 17.5. The molecule has 0 saturated carbocycles. The van der Waals surface area contributed by atoms with Crippen LogP contribution in [0.3, 0.4) is 0 Å². The first kappa shape index (κ1) is 22.2. The topological polar surface area (TPSA) is 85.3 Å². The average molecular weight is 447 g/mol. The predicted molar refractivity (Wildman–Crippen MR) is 122 cm³/mol. The Kier molecular flexibility index (Phi) is 6.49. The number of rotatable bonds is 6. The molecule has 0 aliphatic carbocycles. The number of aromatic hydroxyl groups is 1. The molecule has 7 nitrogen and oxygen atoms in total. The van der Waals surface area contributed by atoms with Crippen molar-refractivity contribution in [2.45, 2.75) is 13.0 Å². The van der Waals surface area contributed by atoms with Crippen molar-refractivity contribution < 1.29 is 28.9 Å². The van der Waals surface area contributed by atoms with Gasteiger partial charge >= 0.3 is 5.97 Å². The molecule has 3 aromatic rings. The van der Waals surface area contributed by atoms with Crippen LogP contribution in [-0.2, 0) is 22.5 Å². The van der Waals surface area contributed by atoms with Crippen molar-refractivity contribution in [2.75, 3.05) is 27.4 Å². The molecule has 1 aliphatic rings. The van der Waals surface area contributed by atoms with Crippen molar-refractivity contribution in [3.8, 4) is 28.4 Å². The third-order valence-electron chi connectivity index (χ3n) is 5.72. The number of nitrogens with zero attached hydrogens (tertiary/aromatic N) is 1. The number of hydrogen-bond acceptors (Lipinski definition) is 6. The Bertz CT molecular complexity index is 1150. The van der Waals surface area contributed by atoms with Crippen molar-refractivity contribution >= 4 is 11.9 Å². The Hall–Kier alpha value is -4.00. The summed E-state index contributed by atoms with van der Waals surface area (Å²) < 4.78 is 16.0. The summed E-state index contributed by atoms with van der Waals surface area (Å²) in [5.74, 6) is 0.683. The van der Waals surface area contributed by atoms with Gasteiger partial charge in [-0.25, -0.2) is 4.79 Å². The Morgan fingerprint density at radius 2 is 1.45 bits per heavy atom. The molecule has 0 saturated heterocycles. The van der Waals surface area contributed by atoms with E-state index in [1.165, 1.54) is 0 Å². The molecule has 3 aromatic carbocycles. The minimum atomic E-state index is -0.551. The van der Waals surface area contributed by atoms with Gasteiger partial charge in [-0.3, -0.25) is 4.79 Å². The lowest BCUT2D eigenvalue weighted by Crippen LogP contribution is -2.38. The normalized spacial score (nSPS) is 12.6. The van der Waals surface area contributed by atoms with Crippen molar-refractivity contribution in [1.29, 1.82) is 0 Å². The number of carbonyl (C=O) groups is 2. The van der Waals surface area contributed by atoms with Crippen molar-refractivity contribution in [1.82, 2.24) is 4.90 Å². The summed E-state index contributed by atoms with van der Waals surface area (Å²) in [5.41, 5.74) is 4.29. The van der Waals surface area contributed by atoms with E-state index in [1.54, 1.807) is 67.7 Å².